The average Bonchev–Trinajstić information content (AvgIpc) is 3.05. The first-order valence-electron chi connectivity index (χ1n) is 7.60. The highest BCUT2D eigenvalue weighted by molar-refractivity contribution is 5.98. The van der Waals surface area contributed by atoms with E-state index >= 15 is 0 Å². The summed E-state index contributed by atoms with van der Waals surface area (Å²) in [5.74, 6) is 0.445. The zero-order valence-corrected chi connectivity index (χ0v) is 12.5. The molecule has 0 aromatic carbocycles. The van der Waals surface area contributed by atoms with Crippen LogP contribution in [0.25, 0.3) is 0 Å². The Bertz CT molecular complexity index is 419. The monoisotopic (exact) mass is 280 g/mol. The minimum absolute atomic E-state index is 0.000833. The van der Waals surface area contributed by atoms with E-state index < -0.39 is 6.04 Å². The lowest BCUT2D eigenvalue weighted by Gasteiger charge is -2.47. The van der Waals surface area contributed by atoms with Crippen molar-refractivity contribution in [3.05, 3.63) is 0 Å². The maximum atomic E-state index is 12.9. The molecule has 0 spiro atoms. The number of ether oxygens (including phenoxy) is 1. The molecule has 3 aliphatic rings. The number of amides is 2. The molecule has 2 amide bonds. The average molecular weight is 280 g/mol. The van der Waals surface area contributed by atoms with E-state index in [4.69, 9.17) is 4.74 Å². The molecule has 1 N–H and O–H groups in total. The van der Waals surface area contributed by atoms with Gasteiger partial charge in [0.15, 0.2) is 0 Å². The normalized spacial score (nSPS) is 35.4. The van der Waals surface area contributed by atoms with Gasteiger partial charge < -0.3 is 15.0 Å². The molecule has 0 radical (unpaired) electrons. The molecule has 2 heterocycles. The summed E-state index contributed by atoms with van der Waals surface area (Å²) in [5.41, 5.74) is -0.267. The third-order valence-electron chi connectivity index (χ3n) is 4.56. The van der Waals surface area contributed by atoms with Crippen molar-refractivity contribution >= 4 is 11.8 Å². The summed E-state index contributed by atoms with van der Waals surface area (Å²) < 4.78 is 5.44. The third kappa shape index (κ3) is 2.32. The van der Waals surface area contributed by atoms with Gasteiger partial charge in [0.2, 0.25) is 11.8 Å². The Morgan fingerprint density at radius 1 is 1.20 bits per heavy atom. The summed E-state index contributed by atoms with van der Waals surface area (Å²) in [5, 5.41) is 2.97. The lowest BCUT2D eigenvalue weighted by molar-refractivity contribution is -0.157. The van der Waals surface area contributed by atoms with E-state index in [9.17, 15) is 9.59 Å². The first kappa shape index (κ1) is 13.9. The fraction of sp³-hybridized carbons (Fsp3) is 0.867. The molecular weight excluding hydrogens is 256 g/mol. The standard InChI is InChI=1S/C15H24N2O3/c1-15(2,3)12-13(18)16-11(9-4-5-9)14(19)17(12)10-6-7-20-8-10/h9-12H,4-8H2,1-3H3,(H,16,18). The van der Waals surface area contributed by atoms with Crippen LogP contribution in [0.1, 0.15) is 40.0 Å². The van der Waals surface area contributed by atoms with Crippen LogP contribution >= 0.6 is 0 Å². The summed E-state index contributed by atoms with van der Waals surface area (Å²) in [6.45, 7) is 7.30. The van der Waals surface area contributed by atoms with Crippen LogP contribution in [0.3, 0.4) is 0 Å². The van der Waals surface area contributed by atoms with Gasteiger partial charge in [-0.3, -0.25) is 9.59 Å². The van der Waals surface area contributed by atoms with E-state index in [1.54, 1.807) is 0 Å². The van der Waals surface area contributed by atoms with Crippen LogP contribution in [0.5, 0.6) is 0 Å². The second kappa shape index (κ2) is 4.72. The van der Waals surface area contributed by atoms with Crippen molar-refractivity contribution in [1.82, 2.24) is 10.2 Å². The van der Waals surface area contributed by atoms with E-state index in [0.29, 0.717) is 19.1 Å². The van der Waals surface area contributed by atoms with Gasteiger partial charge >= 0.3 is 0 Å². The number of hydrogen-bond acceptors (Lipinski definition) is 3. The smallest absolute Gasteiger partial charge is 0.246 e. The summed E-state index contributed by atoms with van der Waals surface area (Å²) >= 11 is 0. The van der Waals surface area contributed by atoms with Gasteiger partial charge in [-0.2, -0.15) is 0 Å². The minimum Gasteiger partial charge on any atom is -0.379 e. The molecule has 112 valence electrons. The lowest BCUT2D eigenvalue weighted by atomic mass is 9.81. The number of rotatable bonds is 2. The quantitative estimate of drug-likeness (QED) is 0.818. The highest BCUT2D eigenvalue weighted by Gasteiger charge is 2.52. The Kier molecular flexibility index (Phi) is 3.27. The Morgan fingerprint density at radius 2 is 1.90 bits per heavy atom. The van der Waals surface area contributed by atoms with Crippen LogP contribution in [0.4, 0.5) is 0 Å². The zero-order chi connectivity index (χ0) is 14.5. The summed E-state index contributed by atoms with van der Waals surface area (Å²) in [7, 11) is 0. The molecule has 2 saturated heterocycles. The molecule has 1 saturated carbocycles. The van der Waals surface area contributed by atoms with E-state index in [-0.39, 0.29) is 29.3 Å². The fourth-order valence-corrected chi connectivity index (χ4v) is 3.40. The van der Waals surface area contributed by atoms with Crippen LogP contribution in [-0.4, -0.2) is 48.1 Å². The van der Waals surface area contributed by atoms with E-state index in [0.717, 1.165) is 19.3 Å². The Balaban J connectivity index is 1.91. The molecule has 0 bridgehead atoms. The number of nitrogens with one attached hydrogen (secondary N) is 1. The van der Waals surface area contributed by atoms with Crippen LogP contribution in [-0.2, 0) is 14.3 Å². The first-order chi connectivity index (χ1) is 9.39. The largest absolute Gasteiger partial charge is 0.379 e. The van der Waals surface area contributed by atoms with Gasteiger partial charge in [0.05, 0.1) is 12.6 Å². The van der Waals surface area contributed by atoms with Gasteiger partial charge in [0.1, 0.15) is 12.1 Å². The molecule has 5 nitrogen and oxygen atoms in total. The Labute approximate surface area is 120 Å². The fourth-order valence-electron chi connectivity index (χ4n) is 3.40. The Morgan fingerprint density at radius 3 is 2.40 bits per heavy atom. The minimum atomic E-state index is -0.392. The molecule has 5 heteroatoms. The first-order valence-corrected chi connectivity index (χ1v) is 7.60. The maximum absolute atomic E-state index is 12.9. The van der Waals surface area contributed by atoms with Gasteiger partial charge in [-0.25, -0.2) is 0 Å². The molecule has 3 rings (SSSR count). The predicted octanol–water partition coefficient (Wildman–Crippen LogP) is 0.927. The van der Waals surface area contributed by atoms with Gasteiger partial charge in [-0.1, -0.05) is 20.8 Å². The lowest BCUT2D eigenvalue weighted by Crippen LogP contribution is -2.69. The van der Waals surface area contributed by atoms with E-state index in [1.807, 2.05) is 25.7 Å². The SMILES string of the molecule is CC(C)(C)C1C(=O)NC(C2CC2)C(=O)N1C1CCOC1. The number of carbonyl (C=O) groups excluding carboxylic acids is 2. The molecule has 0 aromatic heterocycles. The third-order valence-corrected chi connectivity index (χ3v) is 4.56. The van der Waals surface area contributed by atoms with E-state index in [1.165, 1.54) is 0 Å². The highest BCUT2D eigenvalue weighted by atomic mass is 16.5. The second-order valence-corrected chi connectivity index (χ2v) is 7.36. The van der Waals surface area contributed by atoms with Crippen molar-refractivity contribution in [1.29, 1.82) is 0 Å². The van der Waals surface area contributed by atoms with Crippen molar-refractivity contribution in [2.45, 2.75) is 58.2 Å². The molecule has 0 aromatic rings. The molecule has 20 heavy (non-hydrogen) atoms. The molecule has 3 unspecified atom stereocenters. The second-order valence-electron chi connectivity index (χ2n) is 7.36. The molecule has 3 atom stereocenters. The number of hydrogen-bond donors (Lipinski definition) is 1. The van der Waals surface area contributed by atoms with Crippen molar-refractivity contribution in [3.63, 3.8) is 0 Å². The topological polar surface area (TPSA) is 58.6 Å². The molecule has 1 aliphatic carbocycles. The van der Waals surface area contributed by atoms with Crippen molar-refractivity contribution in [2.75, 3.05) is 13.2 Å². The molecule has 3 fully saturated rings. The summed E-state index contributed by atoms with van der Waals surface area (Å²) in [6, 6.07) is -0.641. The van der Waals surface area contributed by atoms with Crippen molar-refractivity contribution in [3.8, 4) is 0 Å². The van der Waals surface area contributed by atoms with Crippen LogP contribution in [0, 0.1) is 11.3 Å². The number of carbonyl (C=O) groups is 2. The molecule has 2 aliphatic heterocycles. The van der Waals surface area contributed by atoms with Gasteiger partial charge in [-0.15, -0.1) is 0 Å². The van der Waals surface area contributed by atoms with E-state index in [2.05, 4.69) is 5.32 Å². The highest BCUT2D eigenvalue weighted by Crippen LogP contribution is 2.38. The van der Waals surface area contributed by atoms with Crippen molar-refractivity contribution in [2.24, 2.45) is 11.3 Å². The van der Waals surface area contributed by atoms with Crippen LogP contribution in [0.2, 0.25) is 0 Å². The maximum Gasteiger partial charge on any atom is 0.246 e. The summed E-state index contributed by atoms with van der Waals surface area (Å²) in [6.07, 6.45) is 2.93. The van der Waals surface area contributed by atoms with Gasteiger partial charge in [-0.05, 0) is 30.6 Å². The Hall–Kier alpha value is -1.10. The zero-order valence-electron chi connectivity index (χ0n) is 12.5. The summed E-state index contributed by atoms with van der Waals surface area (Å²) in [4.78, 5) is 27.2. The molecular formula is C15H24N2O3. The number of nitrogens with zero attached hydrogens (tertiary/aromatic N) is 1. The van der Waals surface area contributed by atoms with Crippen molar-refractivity contribution < 1.29 is 14.3 Å². The van der Waals surface area contributed by atoms with Crippen LogP contribution in [0.15, 0.2) is 0 Å². The predicted molar refractivity (Wildman–Crippen MR) is 74.0 cm³/mol. The van der Waals surface area contributed by atoms with Crippen LogP contribution < -0.4 is 5.32 Å². The van der Waals surface area contributed by atoms with Gasteiger partial charge in [0.25, 0.3) is 0 Å². The number of piperazine rings is 1. The van der Waals surface area contributed by atoms with Gasteiger partial charge in [0, 0.05) is 6.61 Å².